The van der Waals surface area contributed by atoms with E-state index >= 15 is 0 Å². The summed E-state index contributed by atoms with van der Waals surface area (Å²) in [5.41, 5.74) is -0.172. The normalized spacial score (nSPS) is 28.0. The minimum absolute atomic E-state index is 0.172. The molecule has 0 aromatic carbocycles. The van der Waals surface area contributed by atoms with Crippen molar-refractivity contribution in [2.75, 3.05) is 19.6 Å². The molecule has 0 radical (unpaired) electrons. The first kappa shape index (κ1) is 10.5. The quantitative estimate of drug-likeness (QED) is 0.680. The number of hydrogen-bond donors (Lipinski definition) is 2. The Hall–Kier alpha value is -0.570. The second-order valence-electron chi connectivity index (χ2n) is 4.59. The molecule has 0 aromatic heterocycles. The summed E-state index contributed by atoms with van der Waals surface area (Å²) in [7, 11) is 0. The standard InChI is InChI=1S/C10H20N2O/c1-8(2)6-12-9(13)10(3)4-5-11-7-10/h8,11H,4-7H2,1-3H3,(H,12,13). The molecule has 1 heterocycles. The summed E-state index contributed by atoms with van der Waals surface area (Å²) in [4.78, 5) is 11.7. The third-order valence-corrected chi connectivity index (χ3v) is 2.59. The highest BCUT2D eigenvalue weighted by Gasteiger charge is 2.35. The van der Waals surface area contributed by atoms with Crippen molar-refractivity contribution in [3.8, 4) is 0 Å². The molecule has 3 nitrogen and oxygen atoms in total. The molecule has 1 aliphatic heterocycles. The number of carbonyl (C=O) groups is 1. The van der Waals surface area contributed by atoms with Crippen LogP contribution in [0, 0.1) is 11.3 Å². The van der Waals surface area contributed by atoms with Crippen LogP contribution in [0.25, 0.3) is 0 Å². The molecular formula is C10H20N2O. The molecule has 76 valence electrons. The number of rotatable bonds is 3. The molecule has 1 amide bonds. The number of carbonyl (C=O) groups excluding carboxylic acids is 1. The van der Waals surface area contributed by atoms with Crippen LogP contribution in [0.3, 0.4) is 0 Å². The molecule has 1 saturated heterocycles. The fourth-order valence-corrected chi connectivity index (χ4v) is 1.52. The molecule has 3 heteroatoms. The van der Waals surface area contributed by atoms with Gasteiger partial charge in [-0.15, -0.1) is 0 Å². The zero-order valence-electron chi connectivity index (χ0n) is 8.81. The molecule has 0 spiro atoms. The van der Waals surface area contributed by atoms with Gasteiger partial charge in [-0.05, 0) is 25.8 Å². The van der Waals surface area contributed by atoms with E-state index in [0.29, 0.717) is 5.92 Å². The maximum absolute atomic E-state index is 11.7. The Morgan fingerprint density at radius 1 is 1.62 bits per heavy atom. The molecular weight excluding hydrogens is 164 g/mol. The molecule has 2 N–H and O–H groups in total. The minimum Gasteiger partial charge on any atom is -0.355 e. The van der Waals surface area contributed by atoms with Crippen molar-refractivity contribution in [2.24, 2.45) is 11.3 Å². The predicted octanol–water partition coefficient (Wildman–Crippen LogP) is 0.758. The van der Waals surface area contributed by atoms with E-state index in [9.17, 15) is 4.79 Å². The van der Waals surface area contributed by atoms with E-state index < -0.39 is 0 Å². The molecule has 1 rings (SSSR count). The van der Waals surface area contributed by atoms with Crippen molar-refractivity contribution in [3.05, 3.63) is 0 Å². The Labute approximate surface area is 80.3 Å². The lowest BCUT2D eigenvalue weighted by molar-refractivity contribution is -0.129. The van der Waals surface area contributed by atoms with Crippen molar-refractivity contribution >= 4 is 5.91 Å². The van der Waals surface area contributed by atoms with Gasteiger partial charge in [0, 0.05) is 13.1 Å². The molecule has 0 saturated carbocycles. The van der Waals surface area contributed by atoms with Gasteiger partial charge in [-0.1, -0.05) is 13.8 Å². The minimum atomic E-state index is -0.172. The Balaban J connectivity index is 2.38. The van der Waals surface area contributed by atoms with Crippen LogP contribution in [-0.4, -0.2) is 25.5 Å². The molecule has 1 fully saturated rings. The summed E-state index contributed by atoms with van der Waals surface area (Å²) < 4.78 is 0. The Morgan fingerprint density at radius 2 is 2.31 bits per heavy atom. The smallest absolute Gasteiger partial charge is 0.227 e. The van der Waals surface area contributed by atoms with Crippen LogP contribution in [0.2, 0.25) is 0 Å². The van der Waals surface area contributed by atoms with E-state index in [1.807, 2.05) is 6.92 Å². The van der Waals surface area contributed by atoms with Crippen molar-refractivity contribution < 1.29 is 4.79 Å². The zero-order valence-corrected chi connectivity index (χ0v) is 8.81. The lowest BCUT2D eigenvalue weighted by Gasteiger charge is -2.22. The third kappa shape index (κ3) is 2.69. The van der Waals surface area contributed by atoms with Crippen molar-refractivity contribution in [1.82, 2.24) is 10.6 Å². The Kier molecular flexibility index (Phi) is 3.31. The van der Waals surface area contributed by atoms with Gasteiger partial charge in [0.2, 0.25) is 5.91 Å². The molecule has 1 aliphatic rings. The summed E-state index contributed by atoms with van der Waals surface area (Å²) >= 11 is 0. The summed E-state index contributed by atoms with van der Waals surface area (Å²) in [5, 5.41) is 6.21. The average Bonchev–Trinajstić information content (AvgIpc) is 2.49. The van der Waals surface area contributed by atoms with Gasteiger partial charge in [0.25, 0.3) is 0 Å². The van der Waals surface area contributed by atoms with Crippen LogP contribution in [0.5, 0.6) is 0 Å². The fourth-order valence-electron chi connectivity index (χ4n) is 1.52. The lowest BCUT2D eigenvalue weighted by atomic mass is 9.88. The first-order chi connectivity index (χ1) is 6.04. The van der Waals surface area contributed by atoms with Crippen LogP contribution < -0.4 is 10.6 Å². The van der Waals surface area contributed by atoms with Crippen molar-refractivity contribution in [1.29, 1.82) is 0 Å². The van der Waals surface area contributed by atoms with E-state index in [0.717, 1.165) is 26.1 Å². The second-order valence-corrected chi connectivity index (χ2v) is 4.59. The second kappa shape index (κ2) is 4.09. The van der Waals surface area contributed by atoms with Crippen LogP contribution in [0.4, 0.5) is 0 Å². The SMILES string of the molecule is CC(C)CNC(=O)C1(C)CCNC1. The van der Waals surface area contributed by atoms with Crippen LogP contribution in [0.1, 0.15) is 27.2 Å². The van der Waals surface area contributed by atoms with Gasteiger partial charge in [0.15, 0.2) is 0 Å². The Bertz CT molecular complexity index is 183. The fraction of sp³-hybridized carbons (Fsp3) is 0.900. The van der Waals surface area contributed by atoms with Gasteiger partial charge in [-0.25, -0.2) is 0 Å². The highest BCUT2D eigenvalue weighted by molar-refractivity contribution is 5.82. The van der Waals surface area contributed by atoms with Crippen molar-refractivity contribution in [2.45, 2.75) is 27.2 Å². The first-order valence-electron chi connectivity index (χ1n) is 5.03. The van der Waals surface area contributed by atoms with Gasteiger partial charge in [0.1, 0.15) is 0 Å². The largest absolute Gasteiger partial charge is 0.355 e. The van der Waals surface area contributed by atoms with E-state index in [2.05, 4.69) is 24.5 Å². The van der Waals surface area contributed by atoms with E-state index in [1.165, 1.54) is 0 Å². The van der Waals surface area contributed by atoms with Gasteiger partial charge in [-0.2, -0.15) is 0 Å². The maximum Gasteiger partial charge on any atom is 0.227 e. The molecule has 13 heavy (non-hydrogen) atoms. The van der Waals surface area contributed by atoms with E-state index in [1.54, 1.807) is 0 Å². The van der Waals surface area contributed by atoms with Crippen LogP contribution >= 0.6 is 0 Å². The maximum atomic E-state index is 11.7. The van der Waals surface area contributed by atoms with Gasteiger partial charge in [0.05, 0.1) is 5.41 Å². The number of amides is 1. The lowest BCUT2D eigenvalue weighted by Crippen LogP contribution is -2.41. The van der Waals surface area contributed by atoms with Crippen LogP contribution in [0.15, 0.2) is 0 Å². The molecule has 0 aromatic rings. The van der Waals surface area contributed by atoms with Crippen molar-refractivity contribution in [3.63, 3.8) is 0 Å². The predicted molar refractivity (Wildman–Crippen MR) is 53.4 cm³/mol. The Morgan fingerprint density at radius 3 is 2.77 bits per heavy atom. The van der Waals surface area contributed by atoms with Gasteiger partial charge < -0.3 is 10.6 Å². The molecule has 1 atom stereocenters. The van der Waals surface area contributed by atoms with E-state index in [4.69, 9.17) is 0 Å². The van der Waals surface area contributed by atoms with Crippen LogP contribution in [-0.2, 0) is 4.79 Å². The monoisotopic (exact) mass is 184 g/mol. The highest BCUT2D eigenvalue weighted by Crippen LogP contribution is 2.24. The highest BCUT2D eigenvalue weighted by atomic mass is 16.2. The summed E-state index contributed by atoms with van der Waals surface area (Å²) in [5.74, 6) is 0.730. The first-order valence-corrected chi connectivity index (χ1v) is 5.03. The number of hydrogen-bond acceptors (Lipinski definition) is 2. The molecule has 0 bridgehead atoms. The van der Waals surface area contributed by atoms with Gasteiger partial charge in [-0.3, -0.25) is 4.79 Å². The topological polar surface area (TPSA) is 41.1 Å². The molecule has 0 aliphatic carbocycles. The zero-order chi connectivity index (χ0) is 9.90. The molecule has 1 unspecified atom stereocenters. The van der Waals surface area contributed by atoms with Gasteiger partial charge >= 0.3 is 0 Å². The third-order valence-electron chi connectivity index (χ3n) is 2.59. The summed E-state index contributed by atoms with van der Waals surface area (Å²) in [6.45, 7) is 8.81. The average molecular weight is 184 g/mol. The summed E-state index contributed by atoms with van der Waals surface area (Å²) in [6.07, 6.45) is 0.955. The summed E-state index contributed by atoms with van der Waals surface area (Å²) in [6, 6.07) is 0. The van der Waals surface area contributed by atoms with E-state index in [-0.39, 0.29) is 11.3 Å². The number of nitrogens with one attached hydrogen (secondary N) is 2.